The second kappa shape index (κ2) is 8.63. The SMILES string of the molecule is COc1cc([C@@H]2CC(=O)Nc3c2cnn3-c2cccc(Cl)c2C)ccc1OCC(C)C. The molecule has 1 aliphatic heterocycles. The van der Waals surface area contributed by atoms with Gasteiger partial charge < -0.3 is 14.8 Å². The highest BCUT2D eigenvalue weighted by Crippen LogP contribution is 2.41. The van der Waals surface area contributed by atoms with Crippen molar-refractivity contribution in [1.82, 2.24) is 9.78 Å². The number of methoxy groups -OCH3 is 1. The van der Waals surface area contributed by atoms with Crippen molar-refractivity contribution < 1.29 is 14.3 Å². The van der Waals surface area contributed by atoms with Crippen LogP contribution in [0.15, 0.2) is 42.6 Å². The molecule has 1 aliphatic rings. The van der Waals surface area contributed by atoms with E-state index in [1.807, 2.05) is 49.5 Å². The maximum Gasteiger partial charge on any atom is 0.226 e. The first kappa shape index (κ1) is 21.2. The van der Waals surface area contributed by atoms with Crippen LogP contribution in [-0.4, -0.2) is 29.4 Å². The average Bonchev–Trinajstić information content (AvgIpc) is 3.17. The summed E-state index contributed by atoms with van der Waals surface area (Å²) in [7, 11) is 1.63. The minimum atomic E-state index is -0.134. The number of benzene rings is 2. The summed E-state index contributed by atoms with van der Waals surface area (Å²) in [5, 5.41) is 8.22. The predicted octanol–water partition coefficient (Wildman–Crippen LogP) is 5.35. The molecule has 2 heterocycles. The Morgan fingerprint density at radius 1 is 1.26 bits per heavy atom. The lowest BCUT2D eigenvalue weighted by Crippen LogP contribution is -2.24. The van der Waals surface area contributed by atoms with E-state index in [2.05, 4.69) is 24.3 Å². The number of rotatable bonds is 6. The third-order valence-corrected chi connectivity index (χ3v) is 5.86. The molecule has 1 atom stereocenters. The fourth-order valence-corrected chi connectivity index (χ4v) is 3.97. The Balaban J connectivity index is 1.73. The van der Waals surface area contributed by atoms with E-state index in [4.69, 9.17) is 21.1 Å². The van der Waals surface area contributed by atoms with Gasteiger partial charge in [-0.05, 0) is 48.2 Å². The highest BCUT2D eigenvalue weighted by atomic mass is 35.5. The van der Waals surface area contributed by atoms with Crippen molar-refractivity contribution in [3.05, 3.63) is 64.3 Å². The van der Waals surface area contributed by atoms with Gasteiger partial charge in [-0.3, -0.25) is 4.79 Å². The molecule has 0 bridgehead atoms. The van der Waals surface area contributed by atoms with Crippen LogP contribution in [0.4, 0.5) is 5.82 Å². The average molecular weight is 440 g/mol. The first-order valence-electron chi connectivity index (χ1n) is 10.3. The summed E-state index contributed by atoms with van der Waals surface area (Å²) in [6, 6.07) is 11.5. The van der Waals surface area contributed by atoms with Crippen molar-refractivity contribution >= 4 is 23.3 Å². The summed E-state index contributed by atoms with van der Waals surface area (Å²) >= 11 is 6.31. The Morgan fingerprint density at radius 2 is 2.06 bits per heavy atom. The zero-order chi connectivity index (χ0) is 22.1. The Labute approximate surface area is 187 Å². The molecule has 7 heteroatoms. The van der Waals surface area contributed by atoms with Crippen molar-refractivity contribution in [1.29, 1.82) is 0 Å². The molecule has 1 N–H and O–H groups in total. The number of hydrogen-bond acceptors (Lipinski definition) is 4. The number of carbonyl (C=O) groups excluding carboxylic acids is 1. The number of anilines is 1. The van der Waals surface area contributed by atoms with E-state index in [0.29, 0.717) is 41.3 Å². The fraction of sp³-hybridized carbons (Fsp3) is 0.333. The van der Waals surface area contributed by atoms with Gasteiger partial charge in [0.15, 0.2) is 11.5 Å². The summed E-state index contributed by atoms with van der Waals surface area (Å²) in [6.07, 6.45) is 2.15. The lowest BCUT2D eigenvalue weighted by atomic mass is 9.87. The maximum absolute atomic E-state index is 12.6. The number of fused-ring (bicyclic) bond motifs is 1. The number of carbonyl (C=O) groups is 1. The summed E-state index contributed by atoms with van der Waals surface area (Å²) < 4.78 is 13.2. The van der Waals surface area contributed by atoms with Gasteiger partial charge in [-0.15, -0.1) is 0 Å². The van der Waals surface area contributed by atoms with E-state index < -0.39 is 0 Å². The number of nitrogens with zero attached hydrogens (tertiary/aromatic N) is 2. The molecule has 162 valence electrons. The molecular formula is C24H26ClN3O3. The zero-order valence-corrected chi connectivity index (χ0v) is 18.9. The first-order valence-corrected chi connectivity index (χ1v) is 10.7. The van der Waals surface area contributed by atoms with Crippen LogP contribution in [0.5, 0.6) is 11.5 Å². The fourth-order valence-electron chi connectivity index (χ4n) is 3.80. The van der Waals surface area contributed by atoms with Crippen molar-refractivity contribution in [3.63, 3.8) is 0 Å². The topological polar surface area (TPSA) is 65.4 Å². The van der Waals surface area contributed by atoms with E-state index in [9.17, 15) is 4.79 Å². The summed E-state index contributed by atoms with van der Waals surface area (Å²) in [5.41, 5.74) is 3.67. The van der Waals surface area contributed by atoms with Gasteiger partial charge in [0.25, 0.3) is 0 Å². The molecule has 31 heavy (non-hydrogen) atoms. The van der Waals surface area contributed by atoms with Crippen molar-refractivity contribution in [3.8, 4) is 17.2 Å². The standard InChI is InChI=1S/C24H26ClN3O3/c1-14(2)13-31-21-9-8-16(10-22(21)30-4)17-11-23(29)27-24-18(17)12-26-28(24)20-7-5-6-19(25)15(20)3/h5-10,12,14,17H,11,13H2,1-4H3,(H,27,29)/t17-/m0/s1. The van der Waals surface area contributed by atoms with Gasteiger partial charge in [-0.1, -0.05) is 37.6 Å². The van der Waals surface area contributed by atoms with E-state index in [0.717, 1.165) is 22.4 Å². The molecule has 0 radical (unpaired) electrons. The van der Waals surface area contributed by atoms with Crippen LogP contribution in [0.2, 0.25) is 5.02 Å². The number of ether oxygens (including phenoxy) is 2. The lowest BCUT2D eigenvalue weighted by molar-refractivity contribution is -0.116. The largest absolute Gasteiger partial charge is 0.493 e. The Hall–Kier alpha value is -2.99. The second-order valence-electron chi connectivity index (χ2n) is 8.16. The molecule has 4 rings (SSSR count). The van der Waals surface area contributed by atoms with Crippen LogP contribution < -0.4 is 14.8 Å². The van der Waals surface area contributed by atoms with Crippen LogP contribution in [-0.2, 0) is 4.79 Å². The third kappa shape index (κ3) is 4.12. The molecule has 6 nitrogen and oxygen atoms in total. The molecule has 1 amide bonds. The van der Waals surface area contributed by atoms with Gasteiger partial charge in [-0.25, -0.2) is 4.68 Å². The van der Waals surface area contributed by atoms with Gasteiger partial charge in [-0.2, -0.15) is 5.10 Å². The third-order valence-electron chi connectivity index (χ3n) is 5.45. The number of amides is 1. The van der Waals surface area contributed by atoms with Crippen LogP contribution in [0.1, 0.15) is 42.9 Å². The Bertz CT molecular complexity index is 1120. The summed E-state index contributed by atoms with van der Waals surface area (Å²) in [6.45, 7) is 6.75. The van der Waals surface area contributed by atoms with Gasteiger partial charge in [0.2, 0.25) is 5.91 Å². The highest BCUT2D eigenvalue weighted by Gasteiger charge is 2.31. The van der Waals surface area contributed by atoms with Crippen LogP contribution >= 0.6 is 11.6 Å². The summed E-state index contributed by atoms with van der Waals surface area (Å²) in [5.74, 6) is 2.25. The molecule has 0 spiro atoms. The number of halogens is 1. The minimum absolute atomic E-state index is 0.0574. The lowest BCUT2D eigenvalue weighted by Gasteiger charge is -2.25. The molecule has 0 aliphatic carbocycles. The molecular weight excluding hydrogens is 414 g/mol. The maximum atomic E-state index is 12.6. The quantitative estimate of drug-likeness (QED) is 0.562. The molecule has 2 aromatic carbocycles. The van der Waals surface area contributed by atoms with Gasteiger partial charge in [0, 0.05) is 22.9 Å². The number of nitrogens with one attached hydrogen (secondary N) is 1. The molecule has 3 aromatic rings. The monoisotopic (exact) mass is 439 g/mol. The summed E-state index contributed by atoms with van der Waals surface area (Å²) in [4.78, 5) is 12.6. The van der Waals surface area contributed by atoms with Gasteiger partial charge in [0.05, 0.1) is 25.6 Å². The van der Waals surface area contributed by atoms with Crippen LogP contribution in [0, 0.1) is 12.8 Å². The van der Waals surface area contributed by atoms with E-state index in [1.165, 1.54) is 0 Å². The van der Waals surface area contributed by atoms with E-state index in [-0.39, 0.29) is 11.8 Å². The van der Waals surface area contributed by atoms with E-state index in [1.54, 1.807) is 11.8 Å². The predicted molar refractivity (Wildman–Crippen MR) is 122 cm³/mol. The minimum Gasteiger partial charge on any atom is -0.493 e. The molecule has 0 fully saturated rings. The molecule has 0 unspecified atom stereocenters. The normalized spacial score (nSPS) is 15.5. The zero-order valence-electron chi connectivity index (χ0n) is 18.1. The molecule has 0 saturated heterocycles. The van der Waals surface area contributed by atoms with Crippen LogP contribution in [0.25, 0.3) is 5.69 Å². The Kier molecular flexibility index (Phi) is 5.92. The van der Waals surface area contributed by atoms with Gasteiger partial charge >= 0.3 is 0 Å². The molecule has 1 aromatic heterocycles. The van der Waals surface area contributed by atoms with Crippen molar-refractivity contribution in [2.75, 3.05) is 19.0 Å². The number of aromatic nitrogens is 2. The highest BCUT2D eigenvalue weighted by molar-refractivity contribution is 6.31. The number of hydrogen-bond donors (Lipinski definition) is 1. The van der Waals surface area contributed by atoms with Crippen molar-refractivity contribution in [2.45, 2.75) is 33.1 Å². The van der Waals surface area contributed by atoms with E-state index >= 15 is 0 Å². The molecule has 0 saturated carbocycles. The van der Waals surface area contributed by atoms with Crippen molar-refractivity contribution in [2.24, 2.45) is 5.92 Å². The first-order chi connectivity index (χ1) is 14.9. The van der Waals surface area contributed by atoms with Crippen LogP contribution in [0.3, 0.4) is 0 Å². The smallest absolute Gasteiger partial charge is 0.226 e. The van der Waals surface area contributed by atoms with Gasteiger partial charge in [0.1, 0.15) is 5.82 Å². The Morgan fingerprint density at radius 3 is 2.81 bits per heavy atom. The second-order valence-corrected chi connectivity index (χ2v) is 8.57.